The van der Waals surface area contributed by atoms with Crippen LogP contribution in [0.4, 0.5) is 5.69 Å². The highest BCUT2D eigenvalue weighted by atomic mass is 35.5. The van der Waals surface area contributed by atoms with Gasteiger partial charge >= 0.3 is 5.69 Å². The summed E-state index contributed by atoms with van der Waals surface area (Å²) in [5, 5.41) is 4.41. The molecule has 0 bridgehead atoms. The molecule has 6 nitrogen and oxygen atoms in total. The molecule has 0 saturated carbocycles. The highest BCUT2D eigenvalue weighted by molar-refractivity contribution is 6.36. The Labute approximate surface area is 203 Å². The fourth-order valence-electron chi connectivity index (χ4n) is 3.99. The molecule has 0 saturated heterocycles. The minimum Gasteiger partial charge on any atom is -0.324 e. The number of amides is 1. The average Bonchev–Trinajstić information content (AvgIpc) is 2.98. The van der Waals surface area contributed by atoms with Gasteiger partial charge in [0, 0.05) is 39.7 Å². The molecule has 0 radical (unpaired) electrons. The van der Waals surface area contributed by atoms with E-state index in [4.69, 9.17) is 39.8 Å². The lowest BCUT2D eigenvalue weighted by Crippen LogP contribution is -2.27. The predicted molar refractivity (Wildman–Crippen MR) is 133 cm³/mol. The molecule has 1 amide bonds. The van der Waals surface area contributed by atoms with Gasteiger partial charge in [-0.15, -0.1) is 0 Å². The van der Waals surface area contributed by atoms with Crippen LogP contribution >= 0.6 is 34.8 Å². The van der Waals surface area contributed by atoms with Crippen molar-refractivity contribution in [2.45, 2.75) is 12.5 Å². The third kappa shape index (κ3) is 3.95. The summed E-state index contributed by atoms with van der Waals surface area (Å²) >= 11 is 19.0. The summed E-state index contributed by atoms with van der Waals surface area (Å²) in [4.78, 5) is 32.9. The number of nitrogens with one attached hydrogen (secondary N) is 2. The van der Waals surface area contributed by atoms with E-state index in [2.05, 4.69) is 10.3 Å². The number of imidazole rings is 1. The second-order valence-electron chi connectivity index (χ2n) is 7.80. The lowest BCUT2D eigenvalue weighted by atomic mass is 9.99. The third-order valence-corrected chi connectivity index (χ3v) is 6.66. The molecule has 33 heavy (non-hydrogen) atoms. The van der Waals surface area contributed by atoms with Crippen LogP contribution in [0.25, 0.3) is 11.0 Å². The van der Waals surface area contributed by atoms with Gasteiger partial charge in [0.1, 0.15) is 6.04 Å². The van der Waals surface area contributed by atoms with Gasteiger partial charge in [-0.1, -0.05) is 46.9 Å². The molecule has 1 aliphatic rings. The first kappa shape index (κ1) is 21.8. The first-order valence-corrected chi connectivity index (χ1v) is 11.3. The topological polar surface area (TPSA) is 79.2 Å². The first-order chi connectivity index (χ1) is 15.8. The Bertz CT molecular complexity index is 1500. The monoisotopic (exact) mass is 498 g/mol. The van der Waals surface area contributed by atoms with E-state index in [0.717, 1.165) is 11.1 Å². The summed E-state index contributed by atoms with van der Waals surface area (Å²) in [5.74, 6) is -0.279. The number of hydrogen-bond donors (Lipinski definition) is 2. The van der Waals surface area contributed by atoms with Gasteiger partial charge in [0.05, 0.1) is 22.4 Å². The van der Waals surface area contributed by atoms with Crippen molar-refractivity contribution in [2.24, 2.45) is 12.0 Å². The smallest absolute Gasteiger partial charge is 0.324 e. The van der Waals surface area contributed by atoms with Crippen LogP contribution < -0.4 is 11.0 Å². The molecule has 0 fully saturated rings. The number of benzodiazepines with no additional fused rings is 1. The molecule has 9 heteroatoms. The van der Waals surface area contributed by atoms with E-state index >= 15 is 0 Å². The Morgan fingerprint density at radius 2 is 1.76 bits per heavy atom. The number of aromatic amines is 1. The van der Waals surface area contributed by atoms with E-state index in [1.165, 1.54) is 4.57 Å². The maximum absolute atomic E-state index is 13.1. The zero-order valence-corrected chi connectivity index (χ0v) is 19.6. The number of carbonyl (C=O) groups excluding carboxylic acids is 1. The number of carbonyl (C=O) groups is 1. The van der Waals surface area contributed by atoms with Crippen molar-refractivity contribution in [1.29, 1.82) is 0 Å². The molecule has 4 aromatic rings. The lowest BCUT2D eigenvalue weighted by Gasteiger charge is -2.13. The second-order valence-corrected chi connectivity index (χ2v) is 9.05. The molecule has 3 aromatic carbocycles. The minimum atomic E-state index is -0.783. The fraction of sp³-hybridized carbons (Fsp3) is 0.125. The van der Waals surface area contributed by atoms with Crippen molar-refractivity contribution in [3.8, 4) is 0 Å². The Hall–Kier alpha value is -3.06. The number of fused-ring (bicyclic) bond motifs is 2. The molecule has 1 atom stereocenters. The van der Waals surface area contributed by atoms with Crippen molar-refractivity contribution in [3.05, 3.63) is 96.8 Å². The quantitative estimate of drug-likeness (QED) is 0.405. The Morgan fingerprint density at radius 1 is 1.00 bits per heavy atom. The van der Waals surface area contributed by atoms with E-state index in [1.807, 2.05) is 18.2 Å². The van der Waals surface area contributed by atoms with Crippen LogP contribution in [-0.2, 0) is 18.3 Å². The molecule has 1 aromatic heterocycles. The van der Waals surface area contributed by atoms with Crippen molar-refractivity contribution < 1.29 is 4.79 Å². The van der Waals surface area contributed by atoms with E-state index in [-0.39, 0.29) is 18.0 Å². The summed E-state index contributed by atoms with van der Waals surface area (Å²) in [6.45, 7) is 0. The van der Waals surface area contributed by atoms with Crippen LogP contribution in [0.5, 0.6) is 0 Å². The van der Waals surface area contributed by atoms with Crippen molar-refractivity contribution in [1.82, 2.24) is 9.55 Å². The van der Waals surface area contributed by atoms with E-state index < -0.39 is 6.04 Å². The van der Waals surface area contributed by atoms with Crippen LogP contribution in [0.1, 0.15) is 16.7 Å². The van der Waals surface area contributed by atoms with Gasteiger partial charge in [0.15, 0.2) is 0 Å². The van der Waals surface area contributed by atoms with Crippen LogP contribution in [0.15, 0.2) is 64.4 Å². The van der Waals surface area contributed by atoms with Gasteiger partial charge < -0.3 is 10.3 Å². The molecule has 0 aliphatic carbocycles. The van der Waals surface area contributed by atoms with Crippen LogP contribution in [0.2, 0.25) is 15.1 Å². The van der Waals surface area contributed by atoms with Crippen molar-refractivity contribution in [2.75, 3.05) is 5.32 Å². The average molecular weight is 500 g/mol. The minimum absolute atomic E-state index is 0.212. The number of aromatic nitrogens is 2. The number of halogens is 3. The number of benzene rings is 3. The summed E-state index contributed by atoms with van der Waals surface area (Å²) in [7, 11) is 1.70. The normalized spacial score (nSPS) is 15.7. The fourth-order valence-corrected chi connectivity index (χ4v) is 4.72. The van der Waals surface area contributed by atoms with Crippen molar-refractivity contribution >= 4 is 63.1 Å². The number of anilines is 1. The zero-order valence-electron chi connectivity index (χ0n) is 17.3. The Morgan fingerprint density at radius 3 is 2.52 bits per heavy atom. The lowest BCUT2D eigenvalue weighted by molar-refractivity contribution is -0.117. The number of nitrogens with zero attached hydrogens (tertiary/aromatic N) is 2. The number of H-pyrrole nitrogens is 1. The maximum Gasteiger partial charge on any atom is 0.326 e. The summed E-state index contributed by atoms with van der Waals surface area (Å²) in [6, 6.07) is 15.2. The predicted octanol–water partition coefficient (Wildman–Crippen LogP) is 5.23. The van der Waals surface area contributed by atoms with Gasteiger partial charge in [-0.05, 0) is 48.0 Å². The largest absolute Gasteiger partial charge is 0.326 e. The van der Waals surface area contributed by atoms with Crippen LogP contribution in [-0.4, -0.2) is 27.2 Å². The molecular formula is C24H17Cl3N4O2. The SMILES string of the molecule is Cn1c(=O)[nH]c2cc(C3=NC(Cc4c(Cl)cccc4Cl)C(=O)Nc4ccc(Cl)cc43)ccc21. The highest BCUT2D eigenvalue weighted by Crippen LogP contribution is 2.31. The summed E-state index contributed by atoms with van der Waals surface area (Å²) < 4.78 is 1.53. The molecule has 1 unspecified atom stereocenters. The standard InChI is InChI=1S/C24H17Cl3N4O2/c1-31-21-8-5-12(9-19(21)30-24(31)33)22-15-10-13(25)6-7-18(15)29-23(32)20(28-22)11-14-16(26)3-2-4-17(14)27/h2-10,20H,11H2,1H3,(H,29,32)(H,30,33). The van der Waals surface area contributed by atoms with E-state index in [1.54, 1.807) is 43.4 Å². The summed E-state index contributed by atoms with van der Waals surface area (Å²) in [6.07, 6.45) is 0.222. The molecular weight excluding hydrogens is 483 g/mol. The molecule has 2 N–H and O–H groups in total. The third-order valence-electron chi connectivity index (χ3n) is 5.72. The Kier molecular flexibility index (Phi) is 5.52. The summed E-state index contributed by atoms with van der Waals surface area (Å²) in [5.41, 5.74) is 4.45. The van der Waals surface area contributed by atoms with Gasteiger partial charge in [0.2, 0.25) is 5.91 Å². The van der Waals surface area contributed by atoms with Gasteiger partial charge in [0.25, 0.3) is 0 Å². The van der Waals surface area contributed by atoms with Gasteiger partial charge in [-0.25, -0.2) is 4.79 Å². The second kappa shape index (κ2) is 8.37. The van der Waals surface area contributed by atoms with Crippen LogP contribution in [0.3, 0.4) is 0 Å². The van der Waals surface area contributed by atoms with E-state index in [0.29, 0.717) is 43.1 Å². The molecule has 5 rings (SSSR count). The number of aliphatic imine (C=N–C) groups is 1. The van der Waals surface area contributed by atoms with Crippen molar-refractivity contribution in [3.63, 3.8) is 0 Å². The molecule has 1 aliphatic heterocycles. The van der Waals surface area contributed by atoms with Crippen LogP contribution in [0, 0.1) is 0 Å². The van der Waals surface area contributed by atoms with Gasteiger partial charge in [-0.2, -0.15) is 0 Å². The first-order valence-electron chi connectivity index (χ1n) is 10.1. The number of aryl methyl sites for hydroxylation is 1. The number of rotatable bonds is 3. The molecule has 166 valence electrons. The number of hydrogen-bond acceptors (Lipinski definition) is 3. The van der Waals surface area contributed by atoms with E-state index in [9.17, 15) is 9.59 Å². The molecule has 2 heterocycles. The highest BCUT2D eigenvalue weighted by Gasteiger charge is 2.28. The molecule has 0 spiro atoms. The van der Waals surface area contributed by atoms with Gasteiger partial charge in [-0.3, -0.25) is 14.4 Å². The maximum atomic E-state index is 13.1. The Balaban J connectivity index is 1.69. The zero-order chi connectivity index (χ0) is 23.3.